The SMILES string of the molecule is O=[N+]([O-])Nc1ccc2sncc2c1. The molecule has 0 saturated carbocycles. The zero-order valence-electron chi connectivity index (χ0n) is 6.43. The molecular formula is C7H5N3O2S. The number of hydrogen-bond donors (Lipinski definition) is 1. The van der Waals surface area contributed by atoms with Crippen LogP contribution in [0, 0.1) is 10.1 Å². The van der Waals surface area contributed by atoms with Gasteiger partial charge in [0, 0.05) is 11.6 Å². The second-order valence-corrected chi connectivity index (χ2v) is 3.28. The van der Waals surface area contributed by atoms with Gasteiger partial charge >= 0.3 is 0 Å². The van der Waals surface area contributed by atoms with Gasteiger partial charge < -0.3 is 0 Å². The molecule has 1 heterocycles. The van der Waals surface area contributed by atoms with E-state index in [9.17, 15) is 10.1 Å². The summed E-state index contributed by atoms with van der Waals surface area (Å²) in [5.74, 6) is 0. The van der Waals surface area contributed by atoms with Crippen molar-refractivity contribution in [2.45, 2.75) is 0 Å². The molecule has 0 unspecified atom stereocenters. The lowest BCUT2D eigenvalue weighted by Crippen LogP contribution is -2.07. The fraction of sp³-hybridized carbons (Fsp3) is 0. The van der Waals surface area contributed by atoms with Gasteiger partial charge in [0.2, 0.25) is 0 Å². The van der Waals surface area contributed by atoms with Crippen LogP contribution in [0.2, 0.25) is 0 Å². The van der Waals surface area contributed by atoms with E-state index in [0.29, 0.717) is 5.69 Å². The van der Waals surface area contributed by atoms with Crippen molar-refractivity contribution in [3.05, 3.63) is 34.5 Å². The van der Waals surface area contributed by atoms with E-state index in [4.69, 9.17) is 0 Å². The van der Waals surface area contributed by atoms with Gasteiger partial charge in [-0.3, -0.25) is 0 Å². The minimum Gasteiger partial charge on any atom is -0.235 e. The van der Waals surface area contributed by atoms with Crippen LogP contribution in [-0.2, 0) is 0 Å². The Hall–Kier alpha value is -1.69. The Balaban J connectivity index is 2.42. The van der Waals surface area contributed by atoms with Gasteiger partial charge in [-0.15, -0.1) is 5.43 Å². The molecule has 0 aliphatic heterocycles. The third kappa shape index (κ3) is 1.57. The van der Waals surface area contributed by atoms with Crippen LogP contribution in [0.3, 0.4) is 0 Å². The van der Waals surface area contributed by atoms with Crippen molar-refractivity contribution in [2.75, 3.05) is 5.43 Å². The Morgan fingerprint density at radius 3 is 3.15 bits per heavy atom. The highest BCUT2D eigenvalue weighted by molar-refractivity contribution is 7.13. The normalized spacial score (nSPS) is 10.2. The topological polar surface area (TPSA) is 68.1 Å². The Bertz CT molecular complexity index is 454. The van der Waals surface area contributed by atoms with Crippen LogP contribution >= 0.6 is 11.5 Å². The molecule has 0 aliphatic carbocycles. The third-order valence-electron chi connectivity index (χ3n) is 1.57. The van der Waals surface area contributed by atoms with E-state index in [1.165, 1.54) is 11.5 Å². The summed E-state index contributed by atoms with van der Waals surface area (Å²) in [6.45, 7) is 0. The lowest BCUT2D eigenvalue weighted by atomic mass is 10.2. The summed E-state index contributed by atoms with van der Waals surface area (Å²) in [5.41, 5.74) is 2.56. The van der Waals surface area contributed by atoms with E-state index < -0.39 is 5.03 Å². The molecule has 13 heavy (non-hydrogen) atoms. The van der Waals surface area contributed by atoms with Crippen molar-refractivity contribution in [2.24, 2.45) is 0 Å². The number of hydrogen-bond acceptors (Lipinski definition) is 4. The van der Waals surface area contributed by atoms with Gasteiger partial charge in [0.05, 0.1) is 4.70 Å². The maximum Gasteiger partial charge on any atom is 0.162 e. The Kier molecular flexibility index (Phi) is 1.82. The number of anilines is 1. The fourth-order valence-electron chi connectivity index (χ4n) is 1.05. The number of nitro groups is 1. The highest BCUT2D eigenvalue weighted by atomic mass is 32.1. The van der Waals surface area contributed by atoms with Crippen LogP contribution in [0.25, 0.3) is 10.1 Å². The van der Waals surface area contributed by atoms with Gasteiger partial charge in [0.1, 0.15) is 5.69 Å². The molecule has 0 bridgehead atoms. The van der Waals surface area contributed by atoms with Crippen molar-refractivity contribution in [1.82, 2.24) is 4.37 Å². The molecule has 0 atom stereocenters. The van der Waals surface area contributed by atoms with Gasteiger partial charge in [0.25, 0.3) is 0 Å². The number of nitrogens with zero attached hydrogens (tertiary/aromatic N) is 2. The molecule has 2 aromatic rings. The molecule has 2 rings (SSSR count). The standard InChI is InChI=1S/C7H5N3O2S/c11-10(12)9-6-1-2-7-5(3-6)4-8-13-7/h1-4,9H. The predicted octanol–water partition coefficient (Wildman–Crippen LogP) is 1.90. The molecule has 1 aromatic carbocycles. The molecule has 0 aliphatic rings. The molecule has 6 heteroatoms. The van der Waals surface area contributed by atoms with Crippen molar-refractivity contribution in [1.29, 1.82) is 0 Å². The maximum atomic E-state index is 10.1. The summed E-state index contributed by atoms with van der Waals surface area (Å²) in [7, 11) is 0. The van der Waals surface area contributed by atoms with Gasteiger partial charge in [0.15, 0.2) is 5.03 Å². The molecule has 0 saturated heterocycles. The summed E-state index contributed by atoms with van der Waals surface area (Å²) in [6, 6.07) is 5.16. The van der Waals surface area contributed by atoms with E-state index in [1.807, 2.05) is 0 Å². The first-order valence-corrected chi connectivity index (χ1v) is 4.28. The van der Waals surface area contributed by atoms with Gasteiger partial charge in [-0.2, -0.15) is 4.37 Å². The molecule has 1 N–H and O–H groups in total. The lowest BCUT2D eigenvalue weighted by molar-refractivity contribution is -0.445. The average Bonchev–Trinajstić information content (AvgIpc) is 2.49. The summed E-state index contributed by atoms with van der Waals surface area (Å²) >= 11 is 1.37. The number of rotatable bonds is 2. The number of hydrazine groups is 1. The second kappa shape index (κ2) is 2.98. The van der Waals surface area contributed by atoms with Gasteiger partial charge in [-0.25, -0.2) is 10.1 Å². The molecule has 5 nitrogen and oxygen atoms in total. The number of nitrogens with one attached hydrogen (secondary N) is 1. The van der Waals surface area contributed by atoms with Crippen molar-refractivity contribution < 1.29 is 5.03 Å². The number of benzene rings is 1. The molecule has 0 spiro atoms. The van der Waals surface area contributed by atoms with E-state index in [1.54, 1.807) is 24.4 Å². The zero-order chi connectivity index (χ0) is 9.26. The van der Waals surface area contributed by atoms with E-state index in [2.05, 4.69) is 9.80 Å². The second-order valence-electron chi connectivity index (χ2n) is 2.45. The minimum atomic E-state index is -0.582. The molecule has 0 fully saturated rings. The summed E-state index contributed by atoms with van der Waals surface area (Å²) in [5, 5.41) is 10.5. The smallest absolute Gasteiger partial charge is 0.162 e. The van der Waals surface area contributed by atoms with Crippen LogP contribution in [-0.4, -0.2) is 9.41 Å². The molecule has 66 valence electrons. The number of aromatic nitrogens is 1. The van der Waals surface area contributed by atoms with E-state index in [0.717, 1.165) is 10.1 Å². The van der Waals surface area contributed by atoms with Gasteiger partial charge in [-0.05, 0) is 29.7 Å². The number of fused-ring (bicyclic) bond motifs is 1. The molecule has 0 radical (unpaired) electrons. The predicted molar refractivity (Wildman–Crippen MR) is 50.2 cm³/mol. The fourth-order valence-corrected chi connectivity index (χ4v) is 1.67. The minimum absolute atomic E-state index is 0.470. The van der Waals surface area contributed by atoms with Crippen LogP contribution in [0.15, 0.2) is 24.4 Å². The van der Waals surface area contributed by atoms with Crippen LogP contribution in [0.1, 0.15) is 0 Å². The van der Waals surface area contributed by atoms with Crippen LogP contribution < -0.4 is 5.43 Å². The summed E-state index contributed by atoms with van der Waals surface area (Å²) < 4.78 is 4.99. The van der Waals surface area contributed by atoms with Crippen molar-refractivity contribution in [3.8, 4) is 0 Å². The van der Waals surface area contributed by atoms with Crippen molar-refractivity contribution >= 4 is 27.3 Å². The first kappa shape index (κ1) is 7.93. The largest absolute Gasteiger partial charge is 0.235 e. The summed E-state index contributed by atoms with van der Waals surface area (Å²) in [6.07, 6.45) is 1.69. The van der Waals surface area contributed by atoms with Crippen LogP contribution in [0.5, 0.6) is 0 Å². The van der Waals surface area contributed by atoms with E-state index >= 15 is 0 Å². The third-order valence-corrected chi connectivity index (χ3v) is 2.35. The quantitative estimate of drug-likeness (QED) is 0.587. The molecular weight excluding hydrogens is 190 g/mol. The van der Waals surface area contributed by atoms with Crippen molar-refractivity contribution in [3.63, 3.8) is 0 Å². The first-order chi connectivity index (χ1) is 6.25. The Morgan fingerprint density at radius 1 is 1.54 bits per heavy atom. The summed E-state index contributed by atoms with van der Waals surface area (Å²) in [4.78, 5) is 10.1. The average molecular weight is 195 g/mol. The molecule has 1 aromatic heterocycles. The molecule has 0 amide bonds. The zero-order valence-corrected chi connectivity index (χ0v) is 7.25. The highest BCUT2D eigenvalue weighted by Crippen LogP contribution is 2.21. The Labute approximate surface area is 77.3 Å². The maximum absolute atomic E-state index is 10.1. The lowest BCUT2D eigenvalue weighted by Gasteiger charge is -1.95. The van der Waals surface area contributed by atoms with E-state index in [-0.39, 0.29) is 0 Å². The van der Waals surface area contributed by atoms with Gasteiger partial charge in [-0.1, -0.05) is 0 Å². The van der Waals surface area contributed by atoms with Crippen LogP contribution in [0.4, 0.5) is 5.69 Å². The highest BCUT2D eigenvalue weighted by Gasteiger charge is 2.01. The Morgan fingerprint density at radius 2 is 2.38 bits per heavy atom. The first-order valence-electron chi connectivity index (χ1n) is 3.51. The monoisotopic (exact) mass is 195 g/mol.